The molecule has 0 aromatic rings. The molecule has 0 heterocycles. The van der Waals surface area contributed by atoms with E-state index in [2.05, 4.69) is 0 Å². The minimum Gasteiger partial charge on any atom is -1.00 e. The summed E-state index contributed by atoms with van der Waals surface area (Å²) in [6, 6.07) is 0. The van der Waals surface area contributed by atoms with Gasteiger partial charge in [-0.25, -0.2) is 0 Å². The van der Waals surface area contributed by atoms with Crippen molar-refractivity contribution in [3.8, 4) is 0 Å². The summed E-state index contributed by atoms with van der Waals surface area (Å²) in [5.41, 5.74) is 0. The molecule has 0 atom stereocenters. The molecule has 0 amide bonds. The molecule has 0 bridgehead atoms. The van der Waals surface area contributed by atoms with Crippen molar-refractivity contribution in [1.29, 1.82) is 0 Å². The summed E-state index contributed by atoms with van der Waals surface area (Å²) in [5, 5.41) is 0. The molecule has 0 nitrogen and oxygen atoms in total. The molecule has 40 valence electrons. The third-order valence-electron chi connectivity index (χ3n) is 1.50. The second kappa shape index (κ2) is 8.19. The summed E-state index contributed by atoms with van der Waals surface area (Å²) < 4.78 is 0. The first-order chi connectivity index (χ1) is 3.00. The molecular weight excluding hydrogens is 85.9 g/mol. The van der Waals surface area contributed by atoms with Crippen LogP contribution in [0.25, 0.3) is 0 Å². The van der Waals surface area contributed by atoms with Crippen LogP contribution in [0.1, 0.15) is 41.4 Å². The predicted molar refractivity (Wildman–Crippen MR) is 29.9 cm³/mol. The summed E-state index contributed by atoms with van der Waals surface area (Å²) in [6.45, 7) is 0. The monoisotopic (exact) mass is 100 g/mol. The van der Waals surface area contributed by atoms with Crippen molar-refractivity contribution >= 4 is 0 Å². The standard InChI is InChI=1S/C6H12.2Li.2H/c1-2-4-6-5-3-1;;;;/h1-6H2;;;;/q;2*+1;2*-1. The van der Waals surface area contributed by atoms with Crippen LogP contribution in [0.2, 0.25) is 0 Å². The molecule has 8 heavy (non-hydrogen) atoms. The van der Waals surface area contributed by atoms with Gasteiger partial charge in [0.05, 0.1) is 0 Å². The summed E-state index contributed by atoms with van der Waals surface area (Å²) in [4.78, 5) is 0. The fourth-order valence-electron chi connectivity index (χ4n) is 1.06. The van der Waals surface area contributed by atoms with Gasteiger partial charge in [-0.15, -0.1) is 0 Å². The van der Waals surface area contributed by atoms with Gasteiger partial charge in [0.15, 0.2) is 0 Å². The van der Waals surface area contributed by atoms with Gasteiger partial charge in [-0.3, -0.25) is 0 Å². The summed E-state index contributed by atoms with van der Waals surface area (Å²) in [5.74, 6) is 0. The van der Waals surface area contributed by atoms with E-state index in [0.717, 1.165) is 0 Å². The Hall–Kier alpha value is 1.19. The molecule has 0 saturated heterocycles. The van der Waals surface area contributed by atoms with E-state index in [-0.39, 0.29) is 40.6 Å². The maximum Gasteiger partial charge on any atom is 1.00 e. The van der Waals surface area contributed by atoms with Gasteiger partial charge in [-0.2, -0.15) is 0 Å². The molecule has 1 saturated carbocycles. The number of hydrogen-bond acceptors (Lipinski definition) is 0. The van der Waals surface area contributed by atoms with Crippen LogP contribution >= 0.6 is 0 Å². The van der Waals surface area contributed by atoms with E-state index in [4.69, 9.17) is 0 Å². The molecular formula is C6H14Li2. The molecule has 0 radical (unpaired) electrons. The average molecular weight is 100 g/mol. The average Bonchev–Trinajstić information content (AvgIpc) is 1.72. The van der Waals surface area contributed by atoms with Gasteiger partial charge in [0.2, 0.25) is 0 Å². The summed E-state index contributed by atoms with van der Waals surface area (Å²) in [7, 11) is 0. The Morgan fingerprint density at radius 2 is 0.625 bits per heavy atom. The number of hydrogen-bond donors (Lipinski definition) is 0. The van der Waals surface area contributed by atoms with Crippen LogP contribution in [0.4, 0.5) is 0 Å². The second-order valence-corrected chi connectivity index (χ2v) is 2.12. The van der Waals surface area contributed by atoms with E-state index < -0.39 is 0 Å². The van der Waals surface area contributed by atoms with Gasteiger partial charge < -0.3 is 2.85 Å². The van der Waals surface area contributed by atoms with Gasteiger partial charge in [0.1, 0.15) is 0 Å². The molecule has 0 aromatic heterocycles. The van der Waals surface area contributed by atoms with E-state index in [1.165, 1.54) is 38.5 Å². The van der Waals surface area contributed by atoms with Crippen molar-refractivity contribution in [3.63, 3.8) is 0 Å². The Morgan fingerprint density at radius 1 is 0.500 bits per heavy atom. The van der Waals surface area contributed by atoms with Crippen molar-refractivity contribution in [2.45, 2.75) is 38.5 Å². The van der Waals surface area contributed by atoms with Gasteiger partial charge in [0.25, 0.3) is 0 Å². The largest absolute Gasteiger partial charge is 1.00 e. The van der Waals surface area contributed by atoms with Crippen LogP contribution in [-0.4, -0.2) is 0 Å². The van der Waals surface area contributed by atoms with E-state index in [0.29, 0.717) is 0 Å². The molecule has 1 aliphatic carbocycles. The Morgan fingerprint density at radius 3 is 0.750 bits per heavy atom. The SMILES string of the molecule is C1CCCCC1.[H-].[H-].[Li+].[Li+]. The molecule has 0 N–H and O–H groups in total. The molecule has 0 aliphatic heterocycles. The fraction of sp³-hybridized carbons (Fsp3) is 1.00. The Labute approximate surface area is 79.1 Å². The fourth-order valence-corrected chi connectivity index (χ4v) is 1.06. The molecule has 0 aromatic carbocycles. The van der Waals surface area contributed by atoms with E-state index in [1.54, 1.807) is 0 Å². The van der Waals surface area contributed by atoms with Crippen molar-refractivity contribution in [1.82, 2.24) is 0 Å². The third kappa shape index (κ3) is 5.33. The maximum atomic E-state index is 1.50. The van der Waals surface area contributed by atoms with Gasteiger partial charge >= 0.3 is 37.7 Å². The van der Waals surface area contributed by atoms with Gasteiger partial charge in [-0.1, -0.05) is 38.5 Å². The zero-order valence-electron chi connectivity index (χ0n) is 8.24. The van der Waals surface area contributed by atoms with Crippen LogP contribution in [-0.2, 0) is 0 Å². The van der Waals surface area contributed by atoms with Crippen LogP contribution < -0.4 is 37.7 Å². The maximum absolute atomic E-state index is 1.50. The summed E-state index contributed by atoms with van der Waals surface area (Å²) >= 11 is 0. The van der Waals surface area contributed by atoms with Crippen LogP contribution in [0, 0.1) is 0 Å². The first kappa shape index (κ1) is 11.9. The third-order valence-corrected chi connectivity index (χ3v) is 1.50. The minimum absolute atomic E-state index is 0. The van der Waals surface area contributed by atoms with Crippen LogP contribution in [0.15, 0.2) is 0 Å². The van der Waals surface area contributed by atoms with Gasteiger partial charge in [0, 0.05) is 0 Å². The summed E-state index contributed by atoms with van der Waals surface area (Å²) in [6.07, 6.45) is 9.00. The van der Waals surface area contributed by atoms with Crippen molar-refractivity contribution < 1.29 is 40.6 Å². The Kier molecular flexibility index (Phi) is 12.2. The quantitative estimate of drug-likeness (QED) is 0.278. The van der Waals surface area contributed by atoms with E-state index in [9.17, 15) is 0 Å². The normalized spacial score (nSPS) is 18.0. The smallest absolute Gasteiger partial charge is 1.00 e. The van der Waals surface area contributed by atoms with Crippen LogP contribution in [0.5, 0.6) is 0 Å². The molecule has 1 fully saturated rings. The van der Waals surface area contributed by atoms with Crippen LogP contribution in [0.3, 0.4) is 0 Å². The molecule has 0 spiro atoms. The second-order valence-electron chi connectivity index (χ2n) is 2.12. The minimum atomic E-state index is 0. The first-order valence-electron chi connectivity index (χ1n) is 3.00. The molecule has 0 unspecified atom stereocenters. The van der Waals surface area contributed by atoms with Crippen molar-refractivity contribution in [2.75, 3.05) is 0 Å². The van der Waals surface area contributed by atoms with Gasteiger partial charge in [-0.05, 0) is 0 Å². The van der Waals surface area contributed by atoms with E-state index in [1.807, 2.05) is 0 Å². The predicted octanol–water partition coefficient (Wildman–Crippen LogP) is -3.43. The Balaban J connectivity index is -0.0000000450. The zero-order valence-corrected chi connectivity index (χ0v) is 6.24. The number of rotatable bonds is 0. The molecule has 1 aliphatic rings. The first-order valence-corrected chi connectivity index (χ1v) is 3.00. The topological polar surface area (TPSA) is 0 Å². The zero-order chi connectivity index (χ0) is 4.24. The molecule has 1 rings (SSSR count). The molecule has 2 heteroatoms. The van der Waals surface area contributed by atoms with Crippen molar-refractivity contribution in [3.05, 3.63) is 0 Å². The van der Waals surface area contributed by atoms with E-state index >= 15 is 0 Å². The Bertz CT molecular complexity index is 29.2. The van der Waals surface area contributed by atoms with Crippen molar-refractivity contribution in [2.24, 2.45) is 0 Å².